The van der Waals surface area contributed by atoms with Crippen LogP contribution in [0.5, 0.6) is 0 Å². The Morgan fingerprint density at radius 1 is 1.07 bits per heavy atom. The molecule has 0 atom stereocenters. The summed E-state index contributed by atoms with van der Waals surface area (Å²) in [7, 11) is 1.76. The van der Waals surface area contributed by atoms with E-state index < -0.39 is 5.91 Å². The molecule has 142 valence electrons. The minimum atomic E-state index is -0.562. The summed E-state index contributed by atoms with van der Waals surface area (Å²) in [4.78, 5) is 34.1. The van der Waals surface area contributed by atoms with E-state index in [4.69, 9.17) is 0 Å². The summed E-state index contributed by atoms with van der Waals surface area (Å²) in [6.07, 6.45) is 0. The van der Waals surface area contributed by atoms with Gasteiger partial charge >= 0.3 is 0 Å². The predicted molar refractivity (Wildman–Crippen MR) is 104 cm³/mol. The van der Waals surface area contributed by atoms with Crippen LogP contribution in [0.15, 0.2) is 41.2 Å². The van der Waals surface area contributed by atoms with Crippen LogP contribution in [0.25, 0.3) is 11.5 Å². The third-order valence-electron chi connectivity index (χ3n) is 4.61. The average Bonchev–Trinajstić information content (AvgIpc) is 3.18. The van der Waals surface area contributed by atoms with Crippen LogP contribution in [-0.2, 0) is 7.05 Å². The molecule has 0 fully saturated rings. The minimum absolute atomic E-state index is 0.0462. The molecule has 0 aliphatic heterocycles. The molecule has 0 aliphatic rings. The number of carbonyl (C=O) groups excluding carboxylic acids is 1. The van der Waals surface area contributed by atoms with Gasteiger partial charge in [0.15, 0.2) is 0 Å². The zero-order valence-electron chi connectivity index (χ0n) is 16.0. The zero-order valence-corrected chi connectivity index (χ0v) is 16.0. The molecule has 9 heteroatoms. The Balaban J connectivity index is 1.73. The Hall–Kier alpha value is -3.75. The number of nitrogens with one attached hydrogen (secondary N) is 1. The number of amides is 1. The first-order valence-corrected chi connectivity index (χ1v) is 8.73. The smallest absolute Gasteiger partial charge is 0.295 e. The molecule has 28 heavy (non-hydrogen) atoms. The van der Waals surface area contributed by atoms with Crippen LogP contribution in [0, 0.1) is 20.8 Å². The second-order valence-electron chi connectivity index (χ2n) is 6.58. The van der Waals surface area contributed by atoms with Gasteiger partial charge in [-0.05, 0) is 39.0 Å². The van der Waals surface area contributed by atoms with Gasteiger partial charge in [-0.15, -0.1) is 5.10 Å². The Morgan fingerprint density at radius 2 is 1.79 bits per heavy atom. The van der Waals surface area contributed by atoms with E-state index in [2.05, 4.69) is 20.4 Å². The molecular formula is C19H19N7O2. The van der Waals surface area contributed by atoms with Crippen LogP contribution in [0.2, 0.25) is 0 Å². The summed E-state index contributed by atoms with van der Waals surface area (Å²) in [5.41, 5.74) is 2.80. The maximum atomic E-state index is 12.9. The van der Waals surface area contributed by atoms with E-state index >= 15 is 0 Å². The minimum Gasteiger partial charge on any atom is -0.313 e. The van der Waals surface area contributed by atoms with Crippen molar-refractivity contribution in [2.45, 2.75) is 20.8 Å². The molecule has 4 aromatic rings. The van der Waals surface area contributed by atoms with Crippen molar-refractivity contribution in [2.75, 3.05) is 5.32 Å². The standard InChI is InChI=1S/C19H19N7O2/c1-11-10-12(2)25-19(20-11)22-16(23-25)17(27)21-15-13(3)24(4)26(18(15)28)14-8-6-5-7-9-14/h5-10H,1-4H3,(H,21,27). The van der Waals surface area contributed by atoms with Crippen LogP contribution in [0.1, 0.15) is 27.7 Å². The highest BCUT2D eigenvalue weighted by Crippen LogP contribution is 2.15. The summed E-state index contributed by atoms with van der Waals surface area (Å²) < 4.78 is 4.69. The maximum Gasteiger partial charge on any atom is 0.295 e. The summed E-state index contributed by atoms with van der Waals surface area (Å²) in [5, 5.41) is 6.87. The molecule has 0 aliphatic carbocycles. The van der Waals surface area contributed by atoms with E-state index in [1.54, 1.807) is 18.7 Å². The maximum absolute atomic E-state index is 12.9. The third kappa shape index (κ3) is 2.77. The number of nitrogens with zero attached hydrogens (tertiary/aromatic N) is 6. The quantitative estimate of drug-likeness (QED) is 0.587. The van der Waals surface area contributed by atoms with Crippen molar-refractivity contribution in [2.24, 2.45) is 7.05 Å². The fourth-order valence-electron chi connectivity index (χ4n) is 3.14. The normalized spacial score (nSPS) is 11.1. The molecule has 3 aromatic heterocycles. The molecule has 1 N–H and O–H groups in total. The lowest BCUT2D eigenvalue weighted by Crippen LogP contribution is -2.23. The van der Waals surface area contributed by atoms with Gasteiger partial charge in [0.25, 0.3) is 17.2 Å². The number of benzene rings is 1. The SMILES string of the molecule is Cc1cc(C)n2nc(C(=O)Nc3c(C)n(C)n(-c4ccccc4)c3=O)nc2n1. The molecule has 0 saturated heterocycles. The van der Waals surface area contributed by atoms with Crippen molar-refractivity contribution in [3.05, 3.63) is 69.7 Å². The molecule has 9 nitrogen and oxygen atoms in total. The van der Waals surface area contributed by atoms with E-state index in [1.165, 1.54) is 9.20 Å². The van der Waals surface area contributed by atoms with Crippen molar-refractivity contribution >= 4 is 17.4 Å². The van der Waals surface area contributed by atoms with E-state index in [0.29, 0.717) is 17.2 Å². The molecule has 0 spiro atoms. The number of anilines is 1. The Bertz CT molecular complexity index is 1270. The molecule has 0 unspecified atom stereocenters. The largest absolute Gasteiger partial charge is 0.313 e. The number of hydrogen-bond donors (Lipinski definition) is 1. The molecule has 1 amide bonds. The number of para-hydroxylation sites is 1. The number of hydrogen-bond acceptors (Lipinski definition) is 5. The second kappa shape index (κ2) is 6.45. The highest BCUT2D eigenvalue weighted by molar-refractivity contribution is 6.02. The van der Waals surface area contributed by atoms with Crippen molar-refractivity contribution in [1.82, 2.24) is 28.9 Å². The van der Waals surface area contributed by atoms with Crippen molar-refractivity contribution in [1.29, 1.82) is 0 Å². The van der Waals surface area contributed by atoms with E-state index in [0.717, 1.165) is 11.4 Å². The summed E-state index contributed by atoms with van der Waals surface area (Å²) >= 11 is 0. The number of fused-ring (bicyclic) bond motifs is 1. The second-order valence-corrected chi connectivity index (χ2v) is 6.58. The van der Waals surface area contributed by atoms with Crippen LogP contribution in [0.4, 0.5) is 5.69 Å². The Labute approximate surface area is 160 Å². The van der Waals surface area contributed by atoms with Gasteiger partial charge in [0.2, 0.25) is 5.82 Å². The molecular weight excluding hydrogens is 358 g/mol. The van der Waals surface area contributed by atoms with Gasteiger partial charge < -0.3 is 5.32 Å². The Morgan fingerprint density at radius 3 is 2.50 bits per heavy atom. The van der Waals surface area contributed by atoms with Crippen molar-refractivity contribution in [3.63, 3.8) is 0 Å². The van der Waals surface area contributed by atoms with Gasteiger partial charge in [-0.2, -0.15) is 4.98 Å². The highest BCUT2D eigenvalue weighted by Gasteiger charge is 2.21. The first-order chi connectivity index (χ1) is 13.4. The molecule has 4 rings (SSSR count). The lowest BCUT2D eigenvalue weighted by molar-refractivity contribution is 0.101. The Kier molecular flexibility index (Phi) is 4.07. The number of aryl methyl sites for hydroxylation is 2. The number of rotatable bonds is 3. The monoisotopic (exact) mass is 377 g/mol. The average molecular weight is 377 g/mol. The zero-order chi connectivity index (χ0) is 20.0. The summed E-state index contributed by atoms with van der Waals surface area (Å²) in [5.74, 6) is -0.266. The first kappa shape index (κ1) is 17.7. The predicted octanol–water partition coefficient (Wildman–Crippen LogP) is 1.79. The van der Waals surface area contributed by atoms with Gasteiger partial charge in [0.1, 0.15) is 5.69 Å². The van der Waals surface area contributed by atoms with Gasteiger partial charge in [-0.25, -0.2) is 14.2 Å². The van der Waals surface area contributed by atoms with Crippen LogP contribution >= 0.6 is 0 Å². The van der Waals surface area contributed by atoms with E-state index in [9.17, 15) is 9.59 Å². The van der Waals surface area contributed by atoms with Gasteiger partial charge in [0, 0.05) is 18.4 Å². The molecule has 1 aromatic carbocycles. The van der Waals surface area contributed by atoms with Crippen LogP contribution in [-0.4, -0.2) is 34.9 Å². The summed E-state index contributed by atoms with van der Waals surface area (Å²) in [6.45, 7) is 5.47. The molecule has 0 bridgehead atoms. The topological polar surface area (TPSA) is 99.1 Å². The van der Waals surface area contributed by atoms with Gasteiger partial charge in [0.05, 0.1) is 11.4 Å². The van der Waals surface area contributed by atoms with E-state index in [-0.39, 0.29) is 17.1 Å². The molecule has 3 heterocycles. The van der Waals surface area contributed by atoms with Gasteiger partial charge in [-0.1, -0.05) is 18.2 Å². The van der Waals surface area contributed by atoms with Gasteiger partial charge in [-0.3, -0.25) is 14.3 Å². The fourth-order valence-corrected chi connectivity index (χ4v) is 3.14. The van der Waals surface area contributed by atoms with Crippen LogP contribution < -0.4 is 10.9 Å². The van der Waals surface area contributed by atoms with Crippen molar-refractivity contribution in [3.8, 4) is 5.69 Å². The fraction of sp³-hybridized carbons (Fsp3) is 0.211. The molecule has 0 saturated carbocycles. The lowest BCUT2D eigenvalue weighted by atomic mass is 10.3. The number of aromatic nitrogens is 6. The lowest BCUT2D eigenvalue weighted by Gasteiger charge is -2.07. The third-order valence-corrected chi connectivity index (χ3v) is 4.61. The number of carbonyl (C=O) groups is 1. The van der Waals surface area contributed by atoms with Crippen LogP contribution in [0.3, 0.4) is 0 Å². The molecule has 0 radical (unpaired) electrons. The van der Waals surface area contributed by atoms with E-state index in [1.807, 2.05) is 50.2 Å². The van der Waals surface area contributed by atoms with Crippen molar-refractivity contribution < 1.29 is 4.79 Å². The summed E-state index contributed by atoms with van der Waals surface area (Å²) in [6, 6.07) is 11.1. The highest BCUT2D eigenvalue weighted by atomic mass is 16.2. The first-order valence-electron chi connectivity index (χ1n) is 8.73.